The van der Waals surface area contributed by atoms with E-state index >= 15 is 0 Å². The number of ether oxygens (including phenoxy) is 2. The zero-order valence-corrected chi connectivity index (χ0v) is 26.1. The lowest BCUT2D eigenvalue weighted by atomic mass is 9.73. The molecule has 0 aliphatic carbocycles. The second kappa shape index (κ2) is 14.6. The van der Waals surface area contributed by atoms with E-state index in [-0.39, 0.29) is 16.9 Å². The highest BCUT2D eigenvalue weighted by molar-refractivity contribution is 7.10. The van der Waals surface area contributed by atoms with Crippen LogP contribution < -0.4 is 19.4 Å². The van der Waals surface area contributed by atoms with Gasteiger partial charge >= 0.3 is 13.2 Å². The quantitative estimate of drug-likeness (QED) is 0.0980. The maximum atomic E-state index is 13.1. The molecule has 0 aliphatic rings. The van der Waals surface area contributed by atoms with E-state index in [4.69, 9.17) is 4.98 Å². The Kier molecular flexibility index (Phi) is 11.4. The molecule has 0 saturated heterocycles. The number of hydrogen-bond donors (Lipinski definition) is 1. The molecule has 0 radical (unpaired) electrons. The fourth-order valence-electron chi connectivity index (χ4n) is 4.51. The Bertz CT molecular complexity index is 1410. The van der Waals surface area contributed by atoms with E-state index in [2.05, 4.69) is 61.0 Å². The average molecular weight is 618 g/mol. The fourth-order valence-corrected chi connectivity index (χ4v) is 5.53. The summed E-state index contributed by atoms with van der Waals surface area (Å²) in [6.07, 6.45) is 5.83. The molecule has 1 atom stereocenters. The van der Waals surface area contributed by atoms with Gasteiger partial charge in [0.1, 0.15) is 5.82 Å². The van der Waals surface area contributed by atoms with E-state index in [0.29, 0.717) is 17.8 Å². The van der Waals surface area contributed by atoms with Crippen LogP contribution >= 0.6 is 11.3 Å². The highest BCUT2D eigenvalue weighted by atomic mass is 32.1. The molecular formula is C33H39F4N3O2S. The van der Waals surface area contributed by atoms with E-state index in [1.807, 2.05) is 44.2 Å². The second-order valence-electron chi connectivity index (χ2n) is 10.8. The van der Waals surface area contributed by atoms with Crippen LogP contribution in [0, 0.1) is 7.05 Å². The van der Waals surface area contributed by atoms with Crippen LogP contribution in [0.2, 0.25) is 0 Å². The molecule has 1 N–H and O–H groups in total. The van der Waals surface area contributed by atoms with Crippen LogP contribution in [0.4, 0.5) is 23.4 Å². The predicted molar refractivity (Wildman–Crippen MR) is 163 cm³/mol. The number of alkyl halides is 4. The number of halogens is 4. The van der Waals surface area contributed by atoms with Crippen molar-refractivity contribution in [3.8, 4) is 11.5 Å². The van der Waals surface area contributed by atoms with E-state index in [9.17, 15) is 17.6 Å². The molecular weight excluding hydrogens is 578 g/mol. The zero-order chi connectivity index (χ0) is 31.8. The van der Waals surface area contributed by atoms with Crippen molar-refractivity contribution >= 4 is 17.2 Å². The lowest BCUT2D eigenvalue weighted by Gasteiger charge is -2.42. The molecule has 0 saturated carbocycles. The van der Waals surface area contributed by atoms with Gasteiger partial charge in [0.25, 0.3) is 0 Å². The summed E-state index contributed by atoms with van der Waals surface area (Å²) < 4.78 is 62.7. The molecule has 1 aromatic carbocycles. The Morgan fingerprint density at radius 2 is 1.51 bits per heavy atom. The monoisotopic (exact) mass is 617 g/mol. The van der Waals surface area contributed by atoms with Gasteiger partial charge in [0.05, 0.1) is 12.4 Å². The number of nitrogens with one attached hydrogen (secondary N) is 1. The summed E-state index contributed by atoms with van der Waals surface area (Å²) in [5.41, 5.74) is 1.81. The Morgan fingerprint density at radius 1 is 0.884 bits per heavy atom. The lowest BCUT2D eigenvalue weighted by molar-refractivity contribution is -0.612. The average Bonchev–Trinajstić information content (AvgIpc) is 3.51. The van der Waals surface area contributed by atoms with E-state index < -0.39 is 24.7 Å². The molecule has 1 unspecified atom stereocenters. The summed E-state index contributed by atoms with van der Waals surface area (Å²) in [5, 5.41) is 5.62. The third-order valence-electron chi connectivity index (χ3n) is 7.53. The van der Waals surface area contributed by atoms with Gasteiger partial charge < -0.3 is 19.4 Å². The summed E-state index contributed by atoms with van der Waals surface area (Å²) in [6.45, 7) is 6.23. The summed E-state index contributed by atoms with van der Waals surface area (Å²) >= 11 is 1.71. The van der Waals surface area contributed by atoms with Crippen LogP contribution in [0.25, 0.3) is 0 Å². The van der Waals surface area contributed by atoms with E-state index in [0.717, 1.165) is 11.1 Å². The minimum atomic E-state index is -3.21. The van der Waals surface area contributed by atoms with E-state index in [1.165, 1.54) is 17.0 Å². The third-order valence-corrected chi connectivity index (χ3v) is 8.72. The second-order valence-corrected chi connectivity index (χ2v) is 11.7. The smallest absolute Gasteiger partial charge is 0.387 e. The Balaban J connectivity index is 0.00000248. The number of pyridine rings is 2. The first-order valence-corrected chi connectivity index (χ1v) is 14.9. The van der Waals surface area contributed by atoms with Gasteiger partial charge in [0.2, 0.25) is 0 Å². The molecule has 3 aromatic heterocycles. The van der Waals surface area contributed by atoms with Crippen LogP contribution in [0.5, 0.6) is 11.5 Å². The SMILES string of the molecule is CC.[CH2-][n+]1ccc(CC(c2ccc(NC(C)(C)C(C)(C)c3cccs3)nc2)c2ccc(OC(F)F)c(OC(F)F)c2)cc1. The van der Waals surface area contributed by atoms with Crippen molar-refractivity contribution in [2.24, 2.45) is 0 Å². The molecule has 232 valence electrons. The summed E-state index contributed by atoms with van der Waals surface area (Å²) in [7, 11) is 3.84. The van der Waals surface area contributed by atoms with Crippen molar-refractivity contribution < 1.29 is 31.6 Å². The summed E-state index contributed by atoms with van der Waals surface area (Å²) in [6, 6.07) is 15.9. The minimum absolute atomic E-state index is 0.189. The molecule has 10 heteroatoms. The number of thiophene rings is 1. The first kappa shape index (κ1) is 33.7. The van der Waals surface area contributed by atoms with Gasteiger partial charge in [-0.05, 0) is 61.0 Å². The van der Waals surface area contributed by atoms with Gasteiger partial charge in [0, 0.05) is 35.0 Å². The highest BCUT2D eigenvalue weighted by Gasteiger charge is 2.39. The minimum Gasteiger partial charge on any atom is -0.431 e. The Morgan fingerprint density at radius 3 is 2.07 bits per heavy atom. The lowest BCUT2D eigenvalue weighted by Crippen LogP contribution is -2.48. The van der Waals surface area contributed by atoms with Crippen LogP contribution in [-0.4, -0.2) is 23.7 Å². The number of nitrogens with zero attached hydrogens (tertiary/aromatic N) is 2. The largest absolute Gasteiger partial charge is 0.431 e. The van der Waals surface area contributed by atoms with Crippen LogP contribution in [0.3, 0.4) is 0 Å². The molecule has 4 rings (SSSR count). The topological polar surface area (TPSA) is 47.3 Å². The molecule has 5 nitrogen and oxygen atoms in total. The predicted octanol–water partition coefficient (Wildman–Crippen LogP) is 8.84. The van der Waals surface area contributed by atoms with Gasteiger partial charge in [-0.1, -0.05) is 63.6 Å². The molecule has 0 amide bonds. The van der Waals surface area contributed by atoms with Gasteiger partial charge in [0.15, 0.2) is 11.5 Å². The van der Waals surface area contributed by atoms with Gasteiger partial charge in [-0.3, -0.25) is 0 Å². The Labute approximate surface area is 255 Å². The molecule has 3 heterocycles. The summed E-state index contributed by atoms with van der Waals surface area (Å²) in [5.74, 6) is -0.597. The number of hydrogen-bond acceptors (Lipinski definition) is 5. The van der Waals surface area contributed by atoms with Crippen molar-refractivity contribution in [1.29, 1.82) is 0 Å². The molecule has 0 aliphatic heterocycles. The number of rotatable bonds is 12. The third kappa shape index (κ3) is 8.63. The standard InChI is InChI=1S/C31H33F4N3O2S.C2H6/c1-30(2,26-7-6-16-41-26)31(3,4)37-27-11-9-22(19-36-27)23(17-20-12-14-38(5)15-13-20)21-8-10-24(39-28(32)33)25(18-21)40-29(34)35;1-2/h6-16,18-19,23,28-29H,5,17H2,1-4H3,(H,36,37);1-2H3. The molecule has 43 heavy (non-hydrogen) atoms. The molecule has 0 fully saturated rings. The Hall–Kier alpha value is -3.79. The van der Waals surface area contributed by atoms with Crippen molar-refractivity contribution in [3.63, 3.8) is 0 Å². The first-order valence-electron chi connectivity index (χ1n) is 14.0. The van der Waals surface area contributed by atoms with E-state index in [1.54, 1.807) is 40.6 Å². The fraction of sp³-hybridized carbons (Fsp3) is 0.364. The maximum absolute atomic E-state index is 13.1. The molecule has 0 spiro atoms. The van der Waals surface area contributed by atoms with Crippen LogP contribution in [-0.2, 0) is 11.8 Å². The van der Waals surface area contributed by atoms with Crippen molar-refractivity contribution in [1.82, 2.24) is 4.98 Å². The zero-order valence-electron chi connectivity index (χ0n) is 25.3. The van der Waals surface area contributed by atoms with Gasteiger partial charge in [-0.25, -0.2) is 4.98 Å². The number of anilines is 1. The van der Waals surface area contributed by atoms with Gasteiger partial charge in [-0.2, -0.15) is 17.6 Å². The van der Waals surface area contributed by atoms with Crippen molar-refractivity contribution in [2.75, 3.05) is 5.32 Å². The maximum Gasteiger partial charge on any atom is 0.387 e. The highest BCUT2D eigenvalue weighted by Crippen LogP contribution is 2.40. The van der Waals surface area contributed by atoms with Crippen molar-refractivity contribution in [2.45, 2.75) is 78.1 Å². The van der Waals surface area contributed by atoms with Gasteiger partial charge in [-0.15, -0.1) is 11.3 Å². The van der Waals surface area contributed by atoms with Crippen LogP contribution in [0.15, 0.2) is 78.6 Å². The molecule has 4 aromatic rings. The normalized spacial score (nSPS) is 12.5. The van der Waals surface area contributed by atoms with Crippen molar-refractivity contribution in [3.05, 3.63) is 107 Å². The number of benzene rings is 1. The number of aromatic nitrogens is 2. The van der Waals surface area contributed by atoms with Crippen LogP contribution in [0.1, 0.15) is 69.0 Å². The summed E-state index contributed by atoms with van der Waals surface area (Å²) in [4.78, 5) is 5.94. The molecule has 0 bridgehead atoms. The first-order chi connectivity index (χ1) is 20.4.